The van der Waals surface area contributed by atoms with Crippen LogP contribution in [0.5, 0.6) is 0 Å². The van der Waals surface area contributed by atoms with Gasteiger partial charge in [-0.25, -0.2) is 4.39 Å². The highest BCUT2D eigenvalue weighted by atomic mass is 19.1. The maximum Gasteiger partial charge on any atom is 0.146 e. The molecule has 1 aromatic carbocycles. The molecule has 0 spiro atoms. The lowest BCUT2D eigenvalue weighted by atomic mass is 10.0. The van der Waals surface area contributed by atoms with Gasteiger partial charge in [-0.05, 0) is 42.7 Å². The first-order valence-corrected chi connectivity index (χ1v) is 6.87. The van der Waals surface area contributed by atoms with Crippen molar-refractivity contribution in [2.75, 3.05) is 11.9 Å². The number of nitrogens with zero attached hydrogens (tertiary/aromatic N) is 1. The van der Waals surface area contributed by atoms with E-state index < -0.39 is 0 Å². The summed E-state index contributed by atoms with van der Waals surface area (Å²) in [4.78, 5) is 1.83. The minimum atomic E-state index is -0.222. The van der Waals surface area contributed by atoms with Gasteiger partial charge in [-0.3, -0.25) is 0 Å². The number of furan rings is 1. The second kappa shape index (κ2) is 6.57. The number of anilines is 1. The number of nitrogens with two attached hydrogens (primary N) is 1. The van der Waals surface area contributed by atoms with E-state index in [9.17, 15) is 4.39 Å². The van der Waals surface area contributed by atoms with Crippen LogP contribution in [-0.4, -0.2) is 13.1 Å². The average molecular weight is 276 g/mol. The SMILES string of the molecule is CCC(N)Cc1ccc(N(C)Cc2ccco2)c(F)c1. The van der Waals surface area contributed by atoms with Crippen LogP contribution in [0.15, 0.2) is 41.0 Å². The van der Waals surface area contributed by atoms with Crippen molar-refractivity contribution < 1.29 is 8.81 Å². The maximum atomic E-state index is 14.2. The summed E-state index contributed by atoms with van der Waals surface area (Å²) in [5.74, 6) is 0.587. The standard InChI is InChI=1S/C16H21FN2O/c1-3-13(18)9-12-6-7-16(15(17)10-12)19(2)11-14-5-4-8-20-14/h4-8,10,13H,3,9,11,18H2,1-2H3. The fourth-order valence-electron chi connectivity index (χ4n) is 2.16. The van der Waals surface area contributed by atoms with Crippen molar-refractivity contribution >= 4 is 5.69 Å². The molecule has 20 heavy (non-hydrogen) atoms. The van der Waals surface area contributed by atoms with Crippen molar-refractivity contribution in [3.05, 3.63) is 53.7 Å². The predicted molar refractivity (Wildman–Crippen MR) is 79.2 cm³/mol. The van der Waals surface area contributed by atoms with E-state index >= 15 is 0 Å². The van der Waals surface area contributed by atoms with E-state index in [1.54, 1.807) is 18.4 Å². The molecule has 2 aromatic rings. The third-order valence-corrected chi connectivity index (χ3v) is 3.42. The van der Waals surface area contributed by atoms with E-state index in [2.05, 4.69) is 0 Å². The van der Waals surface area contributed by atoms with Gasteiger partial charge < -0.3 is 15.1 Å². The Labute approximate surface area is 119 Å². The van der Waals surface area contributed by atoms with E-state index in [1.165, 1.54) is 0 Å². The van der Waals surface area contributed by atoms with Crippen LogP contribution in [0.25, 0.3) is 0 Å². The maximum absolute atomic E-state index is 14.2. The molecule has 2 N–H and O–H groups in total. The van der Waals surface area contributed by atoms with Crippen LogP contribution in [0, 0.1) is 5.82 Å². The number of hydrogen-bond acceptors (Lipinski definition) is 3. The molecular weight excluding hydrogens is 255 g/mol. The van der Waals surface area contributed by atoms with Crippen LogP contribution in [0.2, 0.25) is 0 Å². The Kier molecular flexibility index (Phi) is 4.79. The molecule has 0 aliphatic rings. The Balaban J connectivity index is 2.08. The monoisotopic (exact) mass is 276 g/mol. The molecule has 108 valence electrons. The second-order valence-electron chi connectivity index (χ2n) is 5.09. The Morgan fingerprint density at radius 2 is 2.15 bits per heavy atom. The topological polar surface area (TPSA) is 42.4 Å². The average Bonchev–Trinajstić information content (AvgIpc) is 2.91. The van der Waals surface area contributed by atoms with E-state index in [4.69, 9.17) is 10.2 Å². The Morgan fingerprint density at radius 3 is 2.75 bits per heavy atom. The summed E-state index contributed by atoms with van der Waals surface area (Å²) >= 11 is 0. The van der Waals surface area contributed by atoms with Crippen LogP contribution in [0.3, 0.4) is 0 Å². The quantitative estimate of drug-likeness (QED) is 0.880. The van der Waals surface area contributed by atoms with E-state index in [-0.39, 0.29) is 11.9 Å². The van der Waals surface area contributed by atoms with Gasteiger partial charge in [0, 0.05) is 13.1 Å². The number of hydrogen-bond donors (Lipinski definition) is 1. The van der Waals surface area contributed by atoms with E-state index in [0.29, 0.717) is 18.7 Å². The van der Waals surface area contributed by atoms with Crippen LogP contribution in [-0.2, 0) is 13.0 Å². The number of benzene rings is 1. The van der Waals surface area contributed by atoms with Gasteiger partial charge in [0.2, 0.25) is 0 Å². The molecule has 0 aliphatic carbocycles. The fourth-order valence-corrected chi connectivity index (χ4v) is 2.16. The lowest BCUT2D eigenvalue weighted by Crippen LogP contribution is -2.22. The first kappa shape index (κ1) is 14.6. The lowest BCUT2D eigenvalue weighted by Gasteiger charge is -2.19. The molecule has 0 saturated heterocycles. The summed E-state index contributed by atoms with van der Waals surface area (Å²) in [7, 11) is 1.85. The van der Waals surface area contributed by atoms with Crippen LogP contribution < -0.4 is 10.6 Å². The first-order chi connectivity index (χ1) is 9.60. The summed E-state index contributed by atoms with van der Waals surface area (Å²) in [6.45, 7) is 2.57. The zero-order valence-electron chi connectivity index (χ0n) is 12.0. The second-order valence-corrected chi connectivity index (χ2v) is 5.09. The number of halogens is 1. The Morgan fingerprint density at radius 1 is 1.35 bits per heavy atom. The van der Waals surface area contributed by atoms with Gasteiger partial charge in [-0.1, -0.05) is 13.0 Å². The minimum Gasteiger partial charge on any atom is -0.467 e. The van der Waals surface area contributed by atoms with Gasteiger partial charge in [-0.2, -0.15) is 0 Å². The molecule has 0 aliphatic heterocycles. The number of rotatable bonds is 6. The van der Waals surface area contributed by atoms with Crippen LogP contribution in [0.4, 0.5) is 10.1 Å². The van der Waals surface area contributed by atoms with E-state index in [1.807, 2.05) is 37.1 Å². The molecule has 1 atom stereocenters. The molecule has 0 radical (unpaired) electrons. The normalized spacial score (nSPS) is 12.4. The zero-order valence-corrected chi connectivity index (χ0v) is 12.0. The molecule has 3 nitrogen and oxygen atoms in total. The first-order valence-electron chi connectivity index (χ1n) is 6.87. The van der Waals surface area contributed by atoms with Crippen molar-refractivity contribution in [1.29, 1.82) is 0 Å². The molecular formula is C16H21FN2O. The molecule has 0 amide bonds. The molecule has 0 saturated carbocycles. The van der Waals surface area contributed by atoms with Gasteiger partial charge in [0.05, 0.1) is 18.5 Å². The smallest absolute Gasteiger partial charge is 0.146 e. The fraction of sp³-hybridized carbons (Fsp3) is 0.375. The summed E-state index contributed by atoms with van der Waals surface area (Å²) in [5.41, 5.74) is 7.40. The largest absolute Gasteiger partial charge is 0.467 e. The highest BCUT2D eigenvalue weighted by molar-refractivity contribution is 5.48. The van der Waals surface area contributed by atoms with E-state index in [0.717, 1.165) is 17.7 Å². The summed E-state index contributed by atoms with van der Waals surface area (Å²) < 4.78 is 19.4. The van der Waals surface area contributed by atoms with Crippen LogP contribution >= 0.6 is 0 Å². The molecule has 1 unspecified atom stereocenters. The Bertz CT molecular complexity index is 539. The van der Waals surface area contributed by atoms with Gasteiger partial charge in [0.15, 0.2) is 0 Å². The highest BCUT2D eigenvalue weighted by Crippen LogP contribution is 2.22. The van der Waals surface area contributed by atoms with Gasteiger partial charge in [0.25, 0.3) is 0 Å². The predicted octanol–water partition coefficient (Wildman–Crippen LogP) is 3.33. The molecule has 1 aromatic heterocycles. The van der Waals surface area contributed by atoms with Crippen molar-refractivity contribution in [2.45, 2.75) is 32.4 Å². The third kappa shape index (κ3) is 3.61. The van der Waals surface area contributed by atoms with Gasteiger partial charge >= 0.3 is 0 Å². The summed E-state index contributed by atoms with van der Waals surface area (Å²) in [5, 5.41) is 0. The molecule has 4 heteroatoms. The molecule has 0 bridgehead atoms. The van der Waals surface area contributed by atoms with Crippen molar-refractivity contribution in [1.82, 2.24) is 0 Å². The van der Waals surface area contributed by atoms with Gasteiger partial charge in [-0.15, -0.1) is 0 Å². The van der Waals surface area contributed by atoms with Crippen LogP contribution in [0.1, 0.15) is 24.7 Å². The van der Waals surface area contributed by atoms with Crippen molar-refractivity contribution in [3.63, 3.8) is 0 Å². The third-order valence-electron chi connectivity index (χ3n) is 3.42. The minimum absolute atomic E-state index is 0.0844. The summed E-state index contributed by atoms with van der Waals surface area (Å²) in [6, 6.07) is 9.10. The zero-order chi connectivity index (χ0) is 14.5. The molecule has 1 heterocycles. The van der Waals surface area contributed by atoms with Gasteiger partial charge in [0.1, 0.15) is 11.6 Å². The molecule has 2 rings (SSSR count). The van der Waals surface area contributed by atoms with Crippen molar-refractivity contribution in [3.8, 4) is 0 Å². The van der Waals surface area contributed by atoms with Crippen molar-refractivity contribution in [2.24, 2.45) is 5.73 Å². The molecule has 0 fully saturated rings. The lowest BCUT2D eigenvalue weighted by molar-refractivity contribution is 0.505. The summed E-state index contributed by atoms with van der Waals surface area (Å²) in [6.07, 6.45) is 3.21. The highest BCUT2D eigenvalue weighted by Gasteiger charge is 2.11. The Hall–Kier alpha value is -1.81.